The van der Waals surface area contributed by atoms with Gasteiger partial charge in [-0.25, -0.2) is 13.1 Å². The van der Waals surface area contributed by atoms with E-state index in [1.54, 1.807) is 17.0 Å². The van der Waals surface area contributed by atoms with Gasteiger partial charge in [-0.15, -0.1) is 0 Å². The minimum absolute atomic E-state index is 0.112. The van der Waals surface area contributed by atoms with Gasteiger partial charge in [0.2, 0.25) is 15.9 Å². The molecule has 1 N–H and O–H groups in total. The summed E-state index contributed by atoms with van der Waals surface area (Å²) < 4.78 is 27.9. The van der Waals surface area contributed by atoms with Crippen molar-refractivity contribution in [3.05, 3.63) is 27.1 Å². The summed E-state index contributed by atoms with van der Waals surface area (Å²) in [5.41, 5.74) is 0. The van der Waals surface area contributed by atoms with Crippen molar-refractivity contribution in [3.8, 4) is 0 Å². The van der Waals surface area contributed by atoms with Gasteiger partial charge >= 0.3 is 0 Å². The third-order valence-electron chi connectivity index (χ3n) is 3.05. The predicted molar refractivity (Wildman–Crippen MR) is 82.8 cm³/mol. The van der Waals surface area contributed by atoms with Gasteiger partial charge in [0.15, 0.2) is 0 Å². The summed E-state index contributed by atoms with van der Waals surface area (Å²) in [5.74, 6) is -0.183. The Hall–Kier alpha value is -0.440. The van der Waals surface area contributed by atoms with Crippen LogP contribution in [0.15, 0.2) is 32.0 Å². The number of sulfonamides is 1. The van der Waals surface area contributed by atoms with E-state index in [1.807, 2.05) is 0 Å². The summed E-state index contributed by atoms with van der Waals surface area (Å²) in [7, 11) is -3.71. The first-order chi connectivity index (χ1) is 9.40. The molecule has 0 saturated carbocycles. The topological polar surface area (TPSA) is 66.5 Å². The molecule has 1 aliphatic heterocycles. The highest BCUT2D eigenvalue weighted by Crippen LogP contribution is 2.25. The van der Waals surface area contributed by atoms with E-state index in [1.165, 1.54) is 6.07 Å². The predicted octanol–water partition coefficient (Wildman–Crippen LogP) is 2.11. The van der Waals surface area contributed by atoms with Gasteiger partial charge in [-0.1, -0.05) is 15.9 Å². The Morgan fingerprint density at radius 2 is 1.90 bits per heavy atom. The number of amides is 1. The summed E-state index contributed by atoms with van der Waals surface area (Å²) in [5, 5.41) is 0. The van der Waals surface area contributed by atoms with Gasteiger partial charge < -0.3 is 4.90 Å². The van der Waals surface area contributed by atoms with Crippen LogP contribution in [0.4, 0.5) is 0 Å². The molecule has 110 valence electrons. The number of likely N-dealkylation sites (tertiary alicyclic amines) is 1. The van der Waals surface area contributed by atoms with E-state index in [9.17, 15) is 13.2 Å². The molecule has 1 saturated heterocycles. The van der Waals surface area contributed by atoms with Crippen molar-refractivity contribution in [1.29, 1.82) is 0 Å². The molecular weight excluding hydrogens is 412 g/mol. The molecule has 8 heteroatoms. The summed E-state index contributed by atoms with van der Waals surface area (Å²) >= 11 is 6.44. The van der Waals surface area contributed by atoms with Crippen LogP contribution in [0.25, 0.3) is 0 Å². The molecule has 0 atom stereocenters. The number of carbonyl (C=O) groups excluding carboxylic acids is 1. The second kappa shape index (κ2) is 6.55. The van der Waals surface area contributed by atoms with Crippen molar-refractivity contribution in [1.82, 2.24) is 9.62 Å². The number of hydrogen-bond donors (Lipinski definition) is 1. The number of benzene rings is 1. The zero-order valence-corrected chi connectivity index (χ0v) is 14.6. The molecule has 1 fully saturated rings. The van der Waals surface area contributed by atoms with Gasteiger partial charge in [0.25, 0.3) is 0 Å². The highest BCUT2D eigenvalue weighted by Gasteiger charge is 2.22. The molecule has 1 aromatic rings. The van der Waals surface area contributed by atoms with Crippen LogP contribution in [-0.4, -0.2) is 38.9 Å². The number of halogens is 2. The van der Waals surface area contributed by atoms with E-state index >= 15 is 0 Å². The van der Waals surface area contributed by atoms with E-state index in [2.05, 4.69) is 36.6 Å². The number of nitrogens with zero attached hydrogens (tertiary/aromatic N) is 1. The first kappa shape index (κ1) is 15.9. The molecule has 0 radical (unpaired) electrons. The third-order valence-corrected chi connectivity index (χ3v) is 5.94. The lowest BCUT2D eigenvalue weighted by Gasteiger charge is -2.16. The molecule has 0 aromatic heterocycles. The van der Waals surface area contributed by atoms with Crippen molar-refractivity contribution < 1.29 is 13.2 Å². The Kier molecular flexibility index (Phi) is 5.22. The van der Waals surface area contributed by atoms with Gasteiger partial charge in [-0.05, 0) is 47.0 Å². The zero-order chi connectivity index (χ0) is 14.8. The van der Waals surface area contributed by atoms with Crippen molar-refractivity contribution >= 4 is 47.8 Å². The smallest absolute Gasteiger partial charge is 0.242 e. The number of rotatable bonds is 4. The van der Waals surface area contributed by atoms with E-state index < -0.39 is 10.0 Å². The Bertz CT molecular complexity index is 613. The minimum Gasteiger partial charge on any atom is -0.342 e. The third kappa shape index (κ3) is 3.81. The van der Waals surface area contributed by atoms with Crippen LogP contribution in [0.5, 0.6) is 0 Å². The lowest BCUT2D eigenvalue weighted by Crippen LogP contribution is -2.38. The summed E-state index contributed by atoms with van der Waals surface area (Å²) in [6.07, 6.45) is 1.96. The first-order valence-electron chi connectivity index (χ1n) is 6.12. The molecule has 1 heterocycles. The quantitative estimate of drug-likeness (QED) is 0.803. The number of hydrogen-bond acceptors (Lipinski definition) is 3. The second-order valence-corrected chi connectivity index (χ2v) is 7.99. The van der Waals surface area contributed by atoms with E-state index in [-0.39, 0.29) is 17.3 Å². The van der Waals surface area contributed by atoms with Gasteiger partial charge in [0.1, 0.15) is 0 Å². The van der Waals surface area contributed by atoms with Crippen LogP contribution >= 0.6 is 31.9 Å². The highest BCUT2D eigenvalue weighted by molar-refractivity contribution is 9.11. The van der Waals surface area contributed by atoms with Crippen LogP contribution in [-0.2, 0) is 14.8 Å². The maximum Gasteiger partial charge on any atom is 0.242 e. The fourth-order valence-electron chi connectivity index (χ4n) is 2.00. The lowest BCUT2D eigenvalue weighted by atomic mass is 10.4. The highest BCUT2D eigenvalue weighted by atomic mass is 79.9. The van der Waals surface area contributed by atoms with Gasteiger partial charge in [0, 0.05) is 22.0 Å². The SMILES string of the molecule is O=C(CNS(=O)(=O)c1cc(Br)ccc1Br)N1CCCC1. The fourth-order valence-corrected chi connectivity index (χ4v) is 4.47. The normalized spacial score (nSPS) is 15.6. The monoisotopic (exact) mass is 424 g/mol. The molecule has 0 unspecified atom stereocenters. The van der Waals surface area contributed by atoms with Crippen molar-refractivity contribution in [2.24, 2.45) is 0 Å². The molecule has 20 heavy (non-hydrogen) atoms. The second-order valence-electron chi connectivity index (χ2n) is 4.49. The van der Waals surface area contributed by atoms with E-state index in [0.29, 0.717) is 22.0 Å². The molecule has 0 spiro atoms. The summed E-state index contributed by atoms with van der Waals surface area (Å²) in [6, 6.07) is 4.87. The van der Waals surface area contributed by atoms with Crippen LogP contribution < -0.4 is 4.72 Å². The fraction of sp³-hybridized carbons (Fsp3) is 0.417. The summed E-state index contributed by atoms with van der Waals surface area (Å²) in [4.78, 5) is 13.6. The summed E-state index contributed by atoms with van der Waals surface area (Å²) in [6.45, 7) is 1.21. The molecule has 1 aliphatic rings. The van der Waals surface area contributed by atoms with Crippen molar-refractivity contribution in [3.63, 3.8) is 0 Å². The Morgan fingerprint density at radius 1 is 1.25 bits per heavy atom. The Labute approximate surface area is 135 Å². The molecule has 5 nitrogen and oxygen atoms in total. The molecule has 1 aromatic carbocycles. The van der Waals surface area contributed by atoms with Gasteiger partial charge in [-0.3, -0.25) is 4.79 Å². The largest absolute Gasteiger partial charge is 0.342 e. The number of nitrogens with one attached hydrogen (secondary N) is 1. The van der Waals surface area contributed by atoms with Crippen molar-refractivity contribution in [2.75, 3.05) is 19.6 Å². The molecule has 1 amide bonds. The maximum absolute atomic E-state index is 12.2. The minimum atomic E-state index is -3.71. The lowest BCUT2D eigenvalue weighted by molar-refractivity contribution is -0.128. The Morgan fingerprint density at radius 3 is 2.55 bits per heavy atom. The molecular formula is C12H14Br2N2O3S. The standard InChI is InChI=1S/C12H14Br2N2O3S/c13-9-3-4-10(14)11(7-9)20(18,19)15-8-12(17)16-5-1-2-6-16/h3-4,7,15H,1-2,5-6,8H2. The van der Waals surface area contributed by atoms with Gasteiger partial charge in [0.05, 0.1) is 11.4 Å². The van der Waals surface area contributed by atoms with Crippen LogP contribution in [0, 0.1) is 0 Å². The average Bonchev–Trinajstić information content (AvgIpc) is 2.93. The van der Waals surface area contributed by atoms with E-state index in [4.69, 9.17) is 0 Å². The van der Waals surface area contributed by atoms with Crippen molar-refractivity contribution in [2.45, 2.75) is 17.7 Å². The van der Waals surface area contributed by atoms with Crippen LogP contribution in [0.3, 0.4) is 0 Å². The molecule has 0 aliphatic carbocycles. The van der Waals surface area contributed by atoms with Crippen LogP contribution in [0.2, 0.25) is 0 Å². The zero-order valence-electron chi connectivity index (χ0n) is 10.6. The maximum atomic E-state index is 12.2. The first-order valence-corrected chi connectivity index (χ1v) is 9.19. The van der Waals surface area contributed by atoms with E-state index in [0.717, 1.165) is 12.8 Å². The average molecular weight is 426 g/mol. The molecule has 2 rings (SSSR count). The number of carbonyl (C=O) groups is 1. The molecule has 0 bridgehead atoms. The van der Waals surface area contributed by atoms with Gasteiger partial charge in [-0.2, -0.15) is 0 Å². The van der Waals surface area contributed by atoms with Crippen LogP contribution in [0.1, 0.15) is 12.8 Å². The Balaban J connectivity index is 2.07.